The standard InChI is InChI=1S/C19H27NO.HI/c1-20(2)13-12-19-11-5-4-6-16(19)9-7-15-8-10-17(21-3)14-18(15)19;/h7-10,14,16H,4-6,11-13H2,1-3H3;1H/t16-,19+;/m1./s1. The van der Waals surface area contributed by atoms with E-state index in [4.69, 9.17) is 4.74 Å². The molecule has 0 spiro atoms. The normalized spacial score (nSPS) is 26.1. The Morgan fingerprint density at radius 1 is 1.27 bits per heavy atom. The third-order valence-corrected chi connectivity index (χ3v) is 5.41. The van der Waals surface area contributed by atoms with Crippen LogP contribution in [0.4, 0.5) is 0 Å². The van der Waals surface area contributed by atoms with Gasteiger partial charge < -0.3 is 9.64 Å². The predicted molar refractivity (Wildman–Crippen MR) is 104 cm³/mol. The van der Waals surface area contributed by atoms with Crippen molar-refractivity contribution in [3.63, 3.8) is 0 Å². The van der Waals surface area contributed by atoms with Gasteiger partial charge in [0.1, 0.15) is 5.75 Å². The van der Waals surface area contributed by atoms with Crippen molar-refractivity contribution in [1.82, 2.24) is 4.90 Å². The van der Waals surface area contributed by atoms with Crippen molar-refractivity contribution in [3.8, 4) is 5.75 Å². The fraction of sp³-hybridized carbons (Fsp3) is 0.579. The van der Waals surface area contributed by atoms with Crippen LogP contribution < -0.4 is 4.74 Å². The van der Waals surface area contributed by atoms with E-state index < -0.39 is 0 Å². The number of halogens is 1. The van der Waals surface area contributed by atoms with Crippen LogP contribution in [-0.4, -0.2) is 32.6 Å². The summed E-state index contributed by atoms with van der Waals surface area (Å²) in [5.41, 5.74) is 3.24. The zero-order chi connectivity index (χ0) is 14.9. The van der Waals surface area contributed by atoms with Gasteiger partial charge in [-0.15, -0.1) is 24.0 Å². The first kappa shape index (κ1) is 17.8. The van der Waals surface area contributed by atoms with Gasteiger partial charge in [0.25, 0.3) is 0 Å². The number of benzene rings is 1. The molecule has 0 aromatic heterocycles. The van der Waals surface area contributed by atoms with Crippen LogP contribution in [0.3, 0.4) is 0 Å². The third kappa shape index (κ3) is 3.21. The molecule has 0 amide bonds. The van der Waals surface area contributed by atoms with Gasteiger partial charge in [0.2, 0.25) is 0 Å². The fourth-order valence-electron chi connectivity index (χ4n) is 4.21. The lowest BCUT2D eigenvalue weighted by Gasteiger charge is -2.47. The molecule has 1 saturated carbocycles. The van der Waals surface area contributed by atoms with Gasteiger partial charge in [0.15, 0.2) is 0 Å². The molecule has 0 unspecified atom stereocenters. The van der Waals surface area contributed by atoms with Crippen molar-refractivity contribution >= 4 is 30.1 Å². The Hall–Kier alpha value is -0.550. The lowest BCUT2D eigenvalue weighted by atomic mass is 9.58. The van der Waals surface area contributed by atoms with E-state index in [1.54, 1.807) is 7.11 Å². The molecule has 1 aromatic rings. The Balaban J connectivity index is 0.00000176. The Bertz CT molecular complexity index is 540. The van der Waals surface area contributed by atoms with Crippen molar-refractivity contribution in [2.45, 2.75) is 37.5 Å². The van der Waals surface area contributed by atoms with Gasteiger partial charge in [0, 0.05) is 5.41 Å². The van der Waals surface area contributed by atoms with Gasteiger partial charge in [0.05, 0.1) is 7.11 Å². The lowest BCUT2D eigenvalue weighted by Crippen LogP contribution is -2.41. The average molecular weight is 413 g/mol. The van der Waals surface area contributed by atoms with Crippen LogP contribution in [-0.2, 0) is 5.41 Å². The summed E-state index contributed by atoms with van der Waals surface area (Å²) in [6, 6.07) is 6.62. The molecule has 122 valence electrons. The maximum Gasteiger partial charge on any atom is 0.119 e. The van der Waals surface area contributed by atoms with Crippen molar-refractivity contribution in [1.29, 1.82) is 0 Å². The molecular weight excluding hydrogens is 385 g/mol. The summed E-state index contributed by atoms with van der Waals surface area (Å²) >= 11 is 0. The molecule has 3 heteroatoms. The molecule has 2 aliphatic rings. The van der Waals surface area contributed by atoms with E-state index in [1.807, 2.05) is 0 Å². The van der Waals surface area contributed by atoms with Crippen LogP contribution in [0.15, 0.2) is 24.3 Å². The largest absolute Gasteiger partial charge is 0.497 e. The maximum atomic E-state index is 5.50. The van der Waals surface area contributed by atoms with Gasteiger partial charge in [-0.3, -0.25) is 0 Å². The molecule has 2 nitrogen and oxygen atoms in total. The van der Waals surface area contributed by atoms with Crippen molar-refractivity contribution in [2.75, 3.05) is 27.7 Å². The monoisotopic (exact) mass is 413 g/mol. The number of hydrogen-bond donors (Lipinski definition) is 0. The average Bonchev–Trinajstić information content (AvgIpc) is 2.52. The van der Waals surface area contributed by atoms with Crippen LogP contribution in [0.2, 0.25) is 0 Å². The van der Waals surface area contributed by atoms with Crippen molar-refractivity contribution in [2.24, 2.45) is 5.92 Å². The molecule has 0 bridgehead atoms. The van der Waals surface area contributed by atoms with E-state index in [1.165, 1.54) is 43.2 Å². The van der Waals surface area contributed by atoms with Crippen LogP contribution in [0, 0.1) is 5.92 Å². The molecule has 1 aromatic carbocycles. The molecule has 3 rings (SSSR count). The van der Waals surface area contributed by atoms with Crippen LogP contribution in [0.1, 0.15) is 43.2 Å². The highest BCUT2D eigenvalue weighted by molar-refractivity contribution is 14.0. The number of hydrogen-bond acceptors (Lipinski definition) is 2. The predicted octanol–water partition coefficient (Wildman–Crippen LogP) is 4.72. The van der Waals surface area contributed by atoms with Crippen LogP contribution in [0.5, 0.6) is 5.75 Å². The Kier molecular flexibility index (Phi) is 5.94. The minimum Gasteiger partial charge on any atom is -0.497 e. The quantitative estimate of drug-likeness (QED) is 0.663. The Morgan fingerprint density at radius 3 is 2.82 bits per heavy atom. The maximum absolute atomic E-state index is 5.50. The van der Waals surface area contributed by atoms with Gasteiger partial charge in [-0.05, 0) is 69.1 Å². The second-order valence-corrected chi connectivity index (χ2v) is 6.87. The highest BCUT2D eigenvalue weighted by Gasteiger charge is 2.43. The molecule has 0 saturated heterocycles. The first-order valence-electron chi connectivity index (χ1n) is 8.17. The number of fused-ring (bicyclic) bond motifs is 3. The SMILES string of the molecule is COc1ccc2c(c1)[C@]1(CCN(C)C)CCCC[C@@H]1C=C2.I. The minimum absolute atomic E-state index is 0. The first-order valence-corrected chi connectivity index (χ1v) is 8.17. The summed E-state index contributed by atoms with van der Waals surface area (Å²) in [5, 5.41) is 0. The van der Waals surface area contributed by atoms with E-state index in [0.29, 0.717) is 11.3 Å². The van der Waals surface area contributed by atoms with Crippen molar-refractivity contribution in [3.05, 3.63) is 35.4 Å². The Morgan fingerprint density at radius 2 is 2.09 bits per heavy atom. The van der Waals surface area contributed by atoms with Crippen LogP contribution in [0.25, 0.3) is 6.08 Å². The van der Waals surface area contributed by atoms with E-state index in [9.17, 15) is 0 Å². The lowest BCUT2D eigenvalue weighted by molar-refractivity contribution is 0.187. The molecule has 2 aliphatic carbocycles. The van der Waals surface area contributed by atoms with E-state index >= 15 is 0 Å². The Labute approximate surface area is 151 Å². The molecular formula is C19H28INO. The van der Waals surface area contributed by atoms with Gasteiger partial charge in [-0.2, -0.15) is 0 Å². The van der Waals surface area contributed by atoms with E-state index in [2.05, 4.69) is 49.3 Å². The zero-order valence-electron chi connectivity index (χ0n) is 14.0. The number of rotatable bonds is 4. The molecule has 2 atom stereocenters. The minimum atomic E-state index is 0. The summed E-state index contributed by atoms with van der Waals surface area (Å²) in [6.45, 7) is 1.15. The second-order valence-electron chi connectivity index (χ2n) is 6.87. The fourth-order valence-corrected chi connectivity index (χ4v) is 4.21. The smallest absolute Gasteiger partial charge is 0.119 e. The summed E-state index contributed by atoms with van der Waals surface area (Å²) in [4.78, 5) is 2.32. The third-order valence-electron chi connectivity index (χ3n) is 5.41. The summed E-state index contributed by atoms with van der Waals surface area (Å²) in [7, 11) is 6.13. The van der Waals surface area contributed by atoms with Gasteiger partial charge in [-0.25, -0.2) is 0 Å². The van der Waals surface area contributed by atoms with E-state index in [0.717, 1.165) is 12.3 Å². The molecule has 22 heavy (non-hydrogen) atoms. The van der Waals surface area contributed by atoms with Crippen molar-refractivity contribution < 1.29 is 4.74 Å². The first-order chi connectivity index (χ1) is 10.2. The number of methoxy groups -OCH3 is 1. The topological polar surface area (TPSA) is 12.5 Å². The number of nitrogens with zero attached hydrogens (tertiary/aromatic N) is 1. The van der Waals surface area contributed by atoms with E-state index in [-0.39, 0.29) is 24.0 Å². The molecule has 0 aliphatic heterocycles. The highest BCUT2D eigenvalue weighted by atomic mass is 127. The van der Waals surface area contributed by atoms with Gasteiger partial charge >= 0.3 is 0 Å². The molecule has 0 N–H and O–H groups in total. The highest BCUT2D eigenvalue weighted by Crippen LogP contribution is 2.51. The summed E-state index contributed by atoms with van der Waals surface area (Å²) < 4.78 is 5.50. The molecule has 0 heterocycles. The summed E-state index contributed by atoms with van der Waals surface area (Å²) in [6.07, 6.45) is 11.4. The number of ether oxygens (including phenoxy) is 1. The molecule has 0 radical (unpaired) electrons. The second kappa shape index (κ2) is 7.35. The van der Waals surface area contributed by atoms with Gasteiger partial charge in [-0.1, -0.05) is 31.1 Å². The zero-order valence-corrected chi connectivity index (χ0v) is 16.3. The summed E-state index contributed by atoms with van der Waals surface area (Å²) in [5.74, 6) is 1.70. The number of allylic oxidation sites excluding steroid dienone is 1. The van der Waals surface area contributed by atoms with Crippen LogP contribution >= 0.6 is 24.0 Å². The molecule has 1 fully saturated rings.